The van der Waals surface area contributed by atoms with Gasteiger partial charge >= 0.3 is 0 Å². The number of nitrogens with zero attached hydrogens (tertiary/aromatic N) is 1. The van der Waals surface area contributed by atoms with Crippen LogP contribution in [0.1, 0.15) is 6.42 Å². The van der Waals surface area contributed by atoms with Crippen molar-refractivity contribution in [3.8, 4) is 0 Å². The van der Waals surface area contributed by atoms with Crippen LogP contribution >= 0.6 is 0 Å². The van der Waals surface area contributed by atoms with Crippen LogP contribution < -0.4 is 17.7 Å². The molecule has 0 aromatic heterocycles. The monoisotopic (exact) mass is 160 g/mol. The predicted octanol–water partition coefficient (Wildman–Crippen LogP) is -2.79. The molecule has 0 unspecified atom stereocenters. The third-order valence-electron chi connectivity index (χ3n) is 1.57. The van der Waals surface area contributed by atoms with Gasteiger partial charge in [-0.3, -0.25) is 9.89 Å². The van der Waals surface area contributed by atoms with Gasteiger partial charge < -0.3 is 12.4 Å². The van der Waals surface area contributed by atoms with Crippen LogP contribution in [0.5, 0.6) is 0 Å². The number of hydrogen-bond donors (Lipinski definition) is 1. The van der Waals surface area contributed by atoms with E-state index in [-0.39, 0.29) is 12.4 Å². The smallest absolute Gasteiger partial charge is 0.248 e. The van der Waals surface area contributed by atoms with Crippen molar-refractivity contribution in [2.45, 2.75) is 6.42 Å². The van der Waals surface area contributed by atoms with E-state index in [1.165, 1.54) is 5.84 Å². The van der Waals surface area contributed by atoms with Gasteiger partial charge in [0, 0.05) is 0 Å². The highest BCUT2D eigenvalue weighted by atomic mass is 35.5. The van der Waals surface area contributed by atoms with Gasteiger partial charge in [0.15, 0.2) is 0 Å². The van der Waals surface area contributed by atoms with E-state index in [0.717, 1.165) is 19.5 Å². The van der Waals surface area contributed by atoms with Gasteiger partial charge in [-0.2, -0.15) is 0 Å². The summed E-state index contributed by atoms with van der Waals surface area (Å²) in [5.74, 6) is 1.30. The Morgan fingerprint density at radius 1 is 1.80 bits per heavy atom. The van der Waals surface area contributed by atoms with E-state index in [1.54, 1.807) is 0 Å². The molecular formula is C7H13ClN2. The zero-order valence-electron chi connectivity index (χ0n) is 6.23. The highest BCUT2D eigenvalue weighted by molar-refractivity contribution is 5.79. The Morgan fingerprint density at radius 3 is 2.90 bits per heavy atom. The van der Waals surface area contributed by atoms with Crippen LogP contribution in [0.15, 0.2) is 12.7 Å². The zero-order chi connectivity index (χ0) is 6.69. The Balaban J connectivity index is 0.000000810. The lowest BCUT2D eigenvalue weighted by Gasteiger charge is -1.90. The number of likely N-dealkylation sites (N-methyl/N-ethyl adjacent to an activating group) is 1. The summed E-state index contributed by atoms with van der Waals surface area (Å²) in [5, 5.41) is 3.28. The van der Waals surface area contributed by atoms with E-state index in [1.807, 2.05) is 6.08 Å². The van der Waals surface area contributed by atoms with Crippen molar-refractivity contribution in [1.29, 1.82) is 0 Å². The lowest BCUT2D eigenvalue weighted by molar-refractivity contribution is -0.487. The maximum atomic E-state index is 3.67. The van der Waals surface area contributed by atoms with Gasteiger partial charge in [-0.15, -0.1) is 6.58 Å². The lowest BCUT2D eigenvalue weighted by atomic mass is 10.4. The quantitative estimate of drug-likeness (QED) is 0.341. The molecule has 0 fully saturated rings. The molecule has 58 valence electrons. The first-order valence-corrected chi connectivity index (χ1v) is 3.26. The summed E-state index contributed by atoms with van der Waals surface area (Å²) in [6.45, 7) is 5.88. The van der Waals surface area contributed by atoms with E-state index in [9.17, 15) is 0 Å². The minimum atomic E-state index is 0. The van der Waals surface area contributed by atoms with E-state index in [2.05, 4.69) is 23.5 Å². The molecule has 0 amide bonds. The van der Waals surface area contributed by atoms with Gasteiger partial charge in [0.25, 0.3) is 0 Å². The van der Waals surface area contributed by atoms with Crippen LogP contribution in [0.25, 0.3) is 0 Å². The molecule has 2 nitrogen and oxygen atoms in total. The minimum absolute atomic E-state index is 0. The van der Waals surface area contributed by atoms with Crippen LogP contribution in [0.2, 0.25) is 0 Å². The normalized spacial score (nSPS) is 16.1. The van der Waals surface area contributed by atoms with E-state index >= 15 is 0 Å². The van der Waals surface area contributed by atoms with Crippen molar-refractivity contribution in [2.75, 3.05) is 20.1 Å². The molecule has 0 radical (unpaired) electrons. The van der Waals surface area contributed by atoms with E-state index in [4.69, 9.17) is 0 Å². The number of rotatable bonds is 2. The minimum Gasteiger partial charge on any atom is -1.00 e. The first-order chi connectivity index (χ1) is 4.34. The average Bonchev–Trinajstić information content (AvgIpc) is 2.18. The maximum Gasteiger partial charge on any atom is 0.248 e. The molecule has 3 heteroatoms. The van der Waals surface area contributed by atoms with Crippen LogP contribution in [0.3, 0.4) is 0 Å². The molecule has 0 bridgehead atoms. The molecule has 0 saturated heterocycles. The molecule has 1 rings (SSSR count). The lowest BCUT2D eigenvalue weighted by Crippen LogP contribution is -3.00. The Morgan fingerprint density at radius 2 is 2.50 bits per heavy atom. The van der Waals surface area contributed by atoms with Crippen LogP contribution in [0, 0.1) is 0 Å². The van der Waals surface area contributed by atoms with Gasteiger partial charge in [-0.1, -0.05) is 6.08 Å². The Hall–Kier alpha value is -0.500. The Bertz CT molecular complexity index is 152. The van der Waals surface area contributed by atoms with Gasteiger partial charge in [0.1, 0.15) is 13.1 Å². The molecular weight excluding hydrogens is 148 g/mol. The Kier molecular flexibility index (Phi) is 4.12. The van der Waals surface area contributed by atoms with Crippen molar-refractivity contribution in [3.63, 3.8) is 0 Å². The van der Waals surface area contributed by atoms with E-state index in [0.29, 0.717) is 0 Å². The fraction of sp³-hybridized carbons (Fsp3) is 0.571. The molecule has 1 heterocycles. The van der Waals surface area contributed by atoms with Gasteiger partial charge in [-0.25, -0.2) is 0 Å². The highest BCUT2D eigenvalue weighted by Crippen LogP contribution is 1.89. The molecule has 0 spiro atoms. The third kappa shape index (κ3) is 2.03. The first-order valence-electron chi connectivity index (χ1n) is 3.26. The summed E-state index contributed by atoms with van der Waals surface area (Å²) in [6, 6.07) is 0. The van der Waals surface area contributed by atoms with Crippen molar-refractivity contribution in [2.24, 2.45) is 0 Å². The summed E-state index contributed by atoms with van der Waals surface area (Å²) < 4.78 is 2.22. The van der Waals surface area contributed by atoms with Crippen molar-refractivity contribution in [3.05, 3.63) is 12.7 Å². The summed E-state index contributed by atoms with van der Waals surface area (Å²) in [6.07, 6.45) is 2.89. The SMILES string of the molecule is C=CCC1=[N+](C)CCN1.[Cl-]. The number of hydrogen-bond acceptors (Lipinski definition) is 1. The first kappa shape index (κ1) is 9.50. The summed E-state index contributed by atoms with van der Waals surface area (Å²) in [7, 11) is 2.10. The van der Waals surface area contributed by atoms with Crippen molar-refractivity contribution in [1.82, 2.24) is 5.32 Å². The van der Waals surface area contributed by atoms with Gasteiger partial charge in [-0.05, 0) is 0 Å². The van der Waals surface area contributed by atoms with Crippen molar-refractivity contribution < 1.29 is 17.0 Å². The molecule has 0 aromatic carbocycles. The van der Waals surface area contributed by atoms with Gasteiger partial charge in [0.05, 0.1) is 13.5 Å². The van der Waals surface area contributed by atoms with Crippen molar-refractivity contribution >= 4 is 5.84 Å². The topological polar surface area (TPSA) is 15.0 Å². The molecule has 0 saturated carbocycles. The molecule has 1 N–H and O–H groups in total. The van der Waals surface area contributed by atoms with Crippen LogP contribution in [-0.4, -0.2) is 30.5 Å². The fourth-order valence-electron chi connectivity index (χ4n) is 1.00. The second kappa shape index (κ2) is 4.34. The fourth-order valence-corrected chi connectivity index (χ4v) is 1.00. The molecule has 10 heavy (non-hydrogen) atoms. The second-order valence-corrected chi connectivity index (χ2v) is 2.29. The summed E-state index contributed by atoms with van der Waals surface area (Å²) in [5.41, 5.74) is 0. The Labute approximate surface area is 68.0 Å². The molecule has 1 aliphatic heterocycles. The predicted molar refractivity (Wildman–Crippen MR) is 38.9 cm³/mol. The summed E-state index contributed by atoms with van der Waals surface area (Å²) in [4.78, 5) is 0. The number of nitrogens with one attached hydrogen (secondary N) is 1. The van der Waals surface area contributed by atoms with E-state index < -0.39 is 0 Å². The number of halogens is 1. The second-order valence-electron chi connectivity index (χ2n) is 2.29. The van der Waals surface area contributed by atoms with Gasteiger partial charge in [0.2, 0.25) is 5.84 Å². The van der Waals surface area contributed by atoms with Crippen LogP contribution in [0.4, 0.5) is 0 Å². The molecule has 1 aliphatic rings. The largest absolute Gasteiger partial charge is 1.00 e. The molecule has 0 aromatic rings. The molecule has 0 atom stereocenters. The third-order valence-corrected chi connectivity index (χ3v) is 1.57. The molecule has 0 aliphatic carbocycles. The standard InChI is InChI=1S/C7H12N2.ClH/c1-3-4-7-8-5-6-9(7)2;/h3H,1,4-6H2,2H3;1H. The van der Waals surface area contributed by atoms with Crippen LogP contribution in [-0.2, 0) is 0 Å². The number of amidine groups is 1. The maximum absolute atomic E-state index is 3.67. The average molecular weight is 161 g/mol. The highest BCUT2D eigenvalue weighted by Gasteiger charge is 2.14. The zero-order valence-corrected chi connectivity index (χ0v) is 6.99. The summed E-state index contributed by atoms with van der Waals surface area (Å²) >= 11 is 0.